The Hall–Kier alpha value is -3.28. The normalized spacial score (nSPS) is 17.1. The second-order valence-corrected chi connectivity index (χ2v) is 6.27. The SMILES string of the molecule is CC1=C(C(=O)Nc2ccccc2C)C(c2ccccc2O)NC(=O)N1C. The van der Waals surface area contributed by atoms with E-state index in [1.807, 2.05) is 31.2 Å². The van der Waals surface area contributed by atoms with E-state index in [1.165, 1.54) is 11.0 Å². The molecule has 0 aromatic heterocycles. The molecule has 6 heteroatoms. The Morgan fingerprint density at radius 1 is 1.12 bits per heavy atom. The van der Waals surface area contributed by atoms with E-state index in [2.05, 4.69) is 10.6 Å². The molecule has 3 rings (SSSR count). The number of para-hydroxylation sites is 2. The summed E-state index contributed by atoms with van der Waals surface area (Å²) in [5.41, 5.74) is 3.04. The van der Waals surface area contributed by atoms with Gasteiger partial charge >= 0.3 is 6.03 Å². The summed E-state index contributed by atoms with van der Waals surface area (Å²) in [4.78, 5) is 26.7. The van der Waals surface area contributed by atoms with Crippen LogP contribution >= 0.6 is 0 Å². The highest BCUT2D eigenvalue weighted by molar-refractivity contribution is 6.07. The average molecular weight is 351 g/mol. The van der Waals surface area contributed by atoms with Gasteiger partial charge in [0.1, 0.15) is 5.75 Å². The number of allylic oxidation sites excluding steroid dienone is 1. The second-order valence-electron chi connectivity index (χ2n) is 6.27. The molecule has 1 aliphatic heterocycles. The molecule has 1 heterocycles. The molecule has 2 aromatic rings. The van der Waals surface area contributed by atoms with Crippen LogP contribution < -0.4 is 10.6 Å². The second kappa shape index (κ2) is 6.92. The quantitative estimate of drug-likeness (QED) is 0.793. The van der Waals surface area contributed by atoms with Crippen molar-refractivity contribution < 1.29 is 14.7 Å². The van der Waals surface area contributed by atoms with Crippen LogP contribution in [0.2, 0.25) is 0 Å². The number of carbonyl (C=O) groups excluding carboxylic acids is 2. The van der Waals surface area contributed by atoms with Crippen LogP contribution in [-0.2, 0) is 4.79 Å². The number of nitrogens with one attached hydrogen (secondary N) is 2. The largest absolute Gasteiger partial charge is 0.508 e. The predicted octanol–water partition coefficient (Wildman–Crippen LogP) is 3.31. The average Bonchev–Trinajstić information content (AvgIpc) is 2.61. The number of phenols is 1. The lowest BCUT2D eigenvalue weighted by Gasteiger charge is -2.34. The van der Waals surface area contributed by atoms with Gasteiger partial charge < -0.3 is 20.6 Å². The minimum absolute atomic E-state index is 0.0244. The highest BCUT2D eigenvalue weighted by Crippen LogP contribution is 2.34. The molecule has 26 heavy (non-hydrogen) atoms. The van der Waals surface area contributed by atoms with Crippen LogP contribution in [0, 0.1) is 6.92 Å². The zero-order valence-electron chi connectivity index (χ0n) is 14.9. The van der Waals surface area contributed by atoms with Gasteiger partial charge in [0.2, 0.25) is 0 Å². The van der Waals surface area contributed by atoms with E-state index >= 15 is 0 Å². The zero-order chi connectivity index (χ0) is 18.8. The maximum atomic E-state index is 13.0. The Bertz CT molecular complexity index is 905. The van der Waals surface area contributed by atoms with E-state index < -0.39 is 6.04 Å². The molecule has 1 atom stereocenters. The lowest BCUT2D eigenvalue weighted by molar-refractivity contribution is -0.113. The summed E-state index contributed by atoms with van der Waals surface area (Å²) in [5, 5.41) is 15.9. The van der Waals surface area contributed by atoms with Crippen LogP contribution in [0.1, 0.15) is 24.1 Å². The van der Waals surface area contributed by atoms with Crippen molar-refractivity contribution in [1.82, 2.24) is 10.2 Å². The van der Waals surface area contributed by atoms with Gasteiger partial charge in [-0.1, -0.05) is 36.4 Å². The van der Waals surface area contributed by atoms with Crippen LogP contribution in [0.4, 0.5) is 10.5 Å². The van der Waals surface area contributed by atoms with Crippen molar-refractivity contribution in [3.8, 4) is 5.75 Å². The predicted molar refractivity (Wildman–Crippen MR) is 99.7 cm³/mol. The molecule has 0 saturated carbocycles. The maximum Gasteiger partial charge on any atom is 0.322 e. The van der Waals surface area contributed by atoms with Crippen LogP contribution in [0.5, 0.6) is 5.75 Å². The summed E-state index contributed by atoms with van der Waals surface area (Å²) in [6.45, 7) is 3.63. The number of nitrogens with zero attached hydrogens (tertiary/aromatic N) is 1. The summed E-state index contributed by atoms with van der Waals surface area (Å²) in [6, 6.07) is 13.1. The molecule has 1 aliphatic rings. The summed E-state index contributed by atoms with van der Waals surface area (Å²) in [7, 11) is 1.60. The summed E-state index contributed by atoms with van der Waals surface area (Å²) in [6.07, 6.45) is 0. The number of phenolic OH excluding ortho intramolecular Hbond substituents is 1. The van der Waals surface area contributed by atoms with E-state index in [0.717, 1.165) is 5.56 Å². The molecule has 3 N–H and O–H groups in total. The van der Waals surface area contributed by atoms with Gasteiger partial charge in [-0.2, -0.15) is 0 Å². The first kappa shape index (κ1) is 17.5. The van der Waals surface area contributed by atoms with Gasteiger partial charge in [0, 0.05) is 24.0 Å². The number of rotatable bonds is 3. The van der Waals surface area contributed by atoms with Crippen molar-refractivity contribution in [2.45, 2.75) is 19.9 Å². The van der Waals surface area contributed by atoms with Crippen molar-refractivity contribution >= 4 is 17.6 Å². The van der Waals surface area contributed by atoms with E-state index in [9.17, 15) is 14.7 Å². The summed E-state index contributed by atoms with van der Waals surface area (Å²) < 4.78 is 0. The fourth-order valence-corrected chi connectivity index (χ4v) is 3.00. The van der Waals surface area contributed by atoms with Crippen molar-refractivity contribution in [2.24, 2.45) is 0 Å². The standard InChI is InChI=1S/C20H21N3O3/c1-12-8-4-6-10-15(12)21-19(25)17-13(2)23(3)20(26)22-18(17)14-9-5-7-11-16(14)24/h4-11,18,24H,1-3H3,(H,21,25)(H,22,26). The minimum Gasteiger partial charge on any atom is -0.508 e. The Labute approximate surface area is 152 Å². The van der Waals surface area contributed by atoms with Crippen LogP contribution in [0.25, 0.3) is 0 Å². The Balaban J connectivity index is 2.04. The van der Waals surface area contributed by atoms with Gasteiger partial charge in [0.05, 0.1) is 11.6 Å². The first-order valence-corrected chi connectivity index (χ1v) is 8.30. The number of anilines is 1. The Kier molecular flexibility index (Phi) is 4.67. The van der Waals surface area contributed by atoms with Crippen molar-refractivity contribution in [3.63, 3.8) is 0 Å². The van der Waals surface area contributed by atoms with Crippen LogP contribution in [0.15, 0.2) is 59.8 Å². The Morgan fingerprint density at radius 3 is 2.46 bits per heavy atom. The number of urea groups is 1. The third-order valence-electron chi connectivity index (χ3n) is 4.64. The number of hydrogen-bond acceptors (Lipinski definition) is 3. The lowest BCUT2D eigenvalue weighted by Crippen LogP contribution is -2.46. The number of aromatic hydroxyl groups is 1. The molecular formula is C20H21N3O3. The number of aryl methyl sites for hydroxylation is 1. The fourth-order valence-electron chi connectivity index (χ4n) is 3.00. The molecule has 0 aliphatic carbocycles. The first-order chi connectivity index (χ1) is 12.4. The lowest BCUT2D eigenvalue weighted by atomic mass is 9.93. The first-order valence-electron chi connectivity index (χ1n) is 8.30. The van der Waals surface area contributed by atoms with Crippen molar-refractivity contribution in [1.29, 1.82) is 0 Å². The zero-order valence-corrected chi connectivity index (χ0v) is 14.9. The molecular weight excluding hydrogens is 330 g/mol. The maximum absolute atomic E-state index is 13.0. The third-order valence-corrected chi connectivity index (χ3v) is 4.64. The molecule has 134 valence electrons. The van der Waals surface area contributed by atoms with Gasteiger partial charge in [-0.25, -0.2) is 4.79 Å². The molecule has 0 spiro atoms. The molecule has 0 saturated heterocycles. The summed E-state index contributed by atoms with van der Waals surface area (Å²) in [5.74, 6) is -0.298. The van der Waals surface area contributed by atoms with Gasteiger partial charge in [-0.15, -0.1) is 0 Å². The Morgan fingerprint density at radius 2 is 1.77 bits per heavy atom. The highest BCUT2D eigenvalue weighted by atomic mass is 16.3. The van der Waals surface area contributed by atoms with Gasteiger partial charge in [0.15, 0.2) is 0 Å². The van der Waals surface area contributed by atoms with E-state index in [4.69, 9.17) is 0 Å². The molecule has 0 radical (unpaired) electrons. The number of hydrogen-bond donors (Lipinski definition) is 3. The molecule has 1 unspecified atom stereocenters. The molecule has 0 bridgehead atoms. The van der Waals surface area contributed by atoms with E-state index in [0.29, 0.717) is 22.5 Å². The topological polar surface area (TPSA) is 81.7 Å². The molecule has 3 amide bonds. The molecule has 6 nitrogen and oxygen atoms in total. The highest BCUT2D eigenvalue weighted by Gasteiger charge is 2.35. The van der Waals surface area contributed by atoms with E-state index in [-0.39, 0.29) is 17.7 Å². The van der Waals surface area contributed by atoms with E-state index in [1.54, 1.807) is 32.2 Å². The van der Waals surface area contributed by atoms with Crippen LogP contribution in [-0.4, -0.2) is 29.0 Å². The third kappa shape index (κ3) is 3.13. The number of amides is 3. The summed E-state index contributed by atoms with van der Waals surface area (Å²) >= 11 is 0. The molecule has 2 aromatic carbocycles. The number of benzene rings is 2. The van der Waals surface area contributed by atoms with Crippen molar-refractivity contribution in [3.05, 3.63) is 70.9 Å². The fraction of sp³-hybridized carbons (Fsp3) is 0.200. The smallest absolute Gasteiger partial charge is 0.322 e. The van der Waals surface area contributed by atoms with Crippen LogP contribution in [0.3, 0.4) is 0 Å². The van der Waals surface area contributed by atoms with Gasteiger partial charge in [-0.3, -0.25) is 4.79 Å². The monoisotopic (exact) mass is 351 g/mol. The minimum atomic E-state index is -0.732. The van der Waals surface area contributed by atoms with Gasteiger partial charge in [-0.05, 0) is 31.5 Å². The van der Waals surface area contributed by atoms with Gasteiger partial charge in [0.25, 0.3) is 5.91 Å². The molecule has 0 fully saturated rings. The number of carbonyl (C=O) groups is 2. The van der Waals surface area contributed by atoms with Crippen molar-refractivity contribution in [2.75, 3.05) is 12.4 Å².